The van der Waals surface area contributed by atoms with Crippen molar-refractivity contribution in [2.24, 2.45) is 0 Å². The first-order valence-corrected chi connectivity index (χ1v) is 9.24. The second-order valence-electron chi connectivity index (χ2n) is 6.77. The van der Waals surface area contributed by atoms with Gasteiger partial charge < -0.3 is 14.5 Å². The van der Waals surface area contributed by atoms with E-state index in [1.165, 1.54) is 6.07 Å². The Morgan fingerprint density at radius 1 is 1.03 bits per heavy atom. The van der Waals surface area contributed by atoms with Crippen LogP contribution in [-0.4, -0.2) is 54.3 Å². The fourth-order valence-corrected chi connectivity index (χ4v) is 3.36. The molecule has 3 aromatic rings. The van der Waals surface area contributed by atoms with E-state index in [1.54, 1.807) is 12.0 Å². The van der Waals surface area contributed by atoms with E-state index >= 15 is 0 Å². The molecule has 1 N–H and O–H groups in total. The summed E-state index contributed by atoms with van der Waals surface area (Å²) < 4.78 is 32.1. The van der Waals surface area contributed by atoms with Crippen molar-refractivity contribution >= 4 is 11.7 Å². The molecule has 8 heteroatoms. The largest absolute Gasteiger partial charge is 0.497 e. The standard InChI is InChI=1S/C21H20F2N4O2/c1-29-16-5-2-14(3-6-16)19-13-20(25-24-19)26-8-10-27(11-9-26)21(28)17-7-4-15(22)12-18(17)23/h2-7,12-13H,8-11H2,1H3,(H,24,25). The van der Waals surface area contributed by atoms with E-state index in [4.69, 9.17) is 4.74 Å². The van der Waals surface area contributed by atoms with E-state index in [2.05, 4.69) is 15.1 Å². The van der Waals surface area contributed by atoms with Gasteiger partial charge in [-0.2, -0.15) is 5.10 Å². The van der Waals surface area contributed by atoms with Crippen molar-refractivity contribution < 1.29 is 18.3 Å². The molecule has 4 rings (SSSR count). The summed E-state index contributed by atoms with van der Waals surface area (Å²) >= 11 is 0. The van der Waals surface area contributed by atoms with Crippen molar-refractivity contribution in [2.45, 2.75) is 0 Å². The molecule has 1 fully saturated rings. The van der Waals surface area contributed by atoms with Crippen LogP contribution in [0.25, 0.3) is 11.3 Å². The number of hydrogen-bond acceptors (Lipinski definition) is 4. The Morgan fingerprint density at radius 3 is 2.41 bits per heavy atom. The van der Waals surface area contributed by atoms with Gasteiger partial charge in [-0.15, -0.1) is 0 Å². The molecule has 0 radical (unpaired) electrons. The van der Waals surface area contributed by atoms with E-state index in [0.717, 1.165) is 35.0 Å². The van der Waals surface area contributed by atoms with Crippen molar-refractivity contribution in [3.05, 3.63) is 65.7 Å². The normalized spacial score (nSPS) is 14.2. The molecule has 2 heterocycles. The molecule has 0 unspecified atom stereocenters. The highest BCUT2D eigenvalue weighted by atomic mass is 19.1. The minimum absolute atomic E-state index is 0.110. The third kappa shape index (κ3) is 3.91. The number of piperazine rings is 1. The first-order chi connectivity index (χ1) is 14.0. The Morgan fingerprint density at radius 2 is 1.76 bits per heavy atom. The van der Waals surface area contributed by atoms with Crippen LogP contribution in [0.2, 0.25) is 0 Å². The van der Waals surface area contributed by atoms with Crippen LogP contribution >= 0.6 is 0 Å². The summed E-state index contributed by atoms with van der Waals surface area (Å²) in [4.78, 5) is 16.2. The Labute approximate surface area is 166 Å². The molecule has 2 aromatic carbocycles. The van der Waals surface area contributed by atoms with Gasteiger partial charge in [0.05, 0.1) is 18.4 Å². The van der Waals surface area contributed by atoms with Gasteiger partial charge in [0.25, 0.3) is 5.91 Å². The lowest BCUT2D eigenvalue weighted by Crippen LogP contribution is -2.49. The Balaban J connectivity index is 1.40. The lowest BCUT2D eigenvalue weighted by molar-refractivity contribution is 0.0741. The Bertz CT molecular complexity index is 1010. The average molecular weight is 398 g/mol. The van der Waals surface area contributed by atoms with Crippen LogP contribution in [0.1, 0.15) is 10.4 Å². The maximum Gasteiger partial charge on any atom is 0.256 e. The fourth-order valence-electron chi connectivity index (χ4n) is 3.36. The summed E-state index contributed by atoms with van der Waals surface area (Å²) in [7, 11) is 1.62. The highest BCUT2D eigenvalue weighted by Crippen LogP contribution is 2.25. The summed E-state index contributed by atoms with van der Waals surface area (Å²) in [6.07, 6.45) is 0. The van der Waals surface area contributed by atoms with Crippen molar-refractivity contribution in [2.75, 3.05) is 38.2 Å². The number of methoxy groups -OCH3 is 1. The van der Waals surface area contributed by atoms with Crippen molar-refractivity contribution in [3.63, 3.8) is 0 Å². The minimum Gasteiger partial charge on any atom is -0.497 e. The van der Waals surface area contributed by atoms with Crippen molar-refractivity contribution in [1.82, 2.24) is 15.1 Å². The molecule has 0 saturated carbocycles. The number of anilines is 1. The van der Waals surface area contributed by atoms with Crippen LogP contribution in [0.3, 0.4) is 0 Å². The molecule has 6 nitrogen and oxygen atoms in total. The number of nitrogens with zero attached hydrogens (tertiary/aromatic N) is 3. The predicted octanol–water partition coefficient (Wildman–Crippen LogP) is 3.33. The molecule has 1 aliphatic heterocycles. The van der Waals surface area contributed by atoms with Gasteiger partial charge in [-0.3, -0.25) is 9.89 Å². The molecule has 1 aliphatic rings. The minimum atomic E-state index is -0.839. The molecular formula is C21H20F2N4O2. The van der Waals surface area contributed by atoms with Gasteiger partial charge in [0.2, 0.25) is 0 Å². The van der Waals surface area contributed by atoms with Crippen LogP contribution in [-0.2, 0) is 0 Å². The number of H-pyrrole nitrogens is 1. The molecule has 29 heavy (non-hydrogen) atoms. The van der Waals surface area contributed by atoms with Crippen molar-refractivity contribution in [1.29, 1.82) is 0 Å². The van der Waals surface area contributed by atoms with Crippen LogP contribution in [0, 0.1) is 11.6 Å². The molecule has 1 aromatic heterocycles. The molecular weight excluding hydrogens is 378 g/mol. The van der Waals surface area contributed by atoms with Gasteiger partial charge in [-0.05, 0) is 42.0 Å². The first-order valence-electron chi connectivity index (χ1n) is 9.24. The van der Waals surface area contributed by atoms with E-state index in [0.29, 0.717) is 26.2 Å². The van der Waals surface area contributed by atoms with Gasteiger partial charge in [-0.25, -0.2) is 8.78 Å². The second-order valence-corrected chi connectivity index (χ2v) is 6.77. The molecule has 0 aliphatic carbocycles. The second kappa shape index (κ2) is 7.90. The number of halogens is 2. The Hall–Kier alpha value is -3.42. The van der Waals surface area contributed by atoms with Gasteiger partial charge in [0.1, 0.15) is 17.4 Å². The van der Waals surface area contributed by atoms with Crippen LogP contribution in [0.15, 0.2) is 48.5 Å². The highest BCUT2D eigenvalue weighted by molar-refractivity contribution is 5.94. The SMILES string of the molecule is COc1ccc(-c2cc(N3CCN(C(=O)c4ccc(F)cc4F)CC3)n[nH]2)cc1. The Kier molecular flexibility index (Phi) is 5.16. The zero-order chi connectivity index (χ0) is 20.4. The van der Waals surface area contributed by atoms with Crippen LogP contribution in [0.5, 0.6) is 5.75 Å². The van der Waals surface area contributed by atoms with Gasteiger partial charge in [0, 0.05) is 38.3 Å². The summed E-state index contributed by atoms with van der Waals surface area (Å²) in [6.45, 7) is 2.00. The molecule has 1 saturated heterocycles. The number of nitrogens with one attached hydrogen (secondary N) is 1. The zero-order valence-corrected chi connectivity index (χ0v) is 15.9. The predicted molar refractivity (Wildman–Crippen MR) is 105 cm³/mol. The lowest BCUT2D eigenvalue weighted by atomic mass is 10.1. The number of aromatic amines is 1. The molecule has 0 atom stereocenters. The zero-order valence-electron chi connectivity index (χ0n) is 15.9. The van der Waals surface area contributed by atoms with Gasteiger partial charge in [-0.1, -0.05) is 0 Å². The molecule has 0 bridgehead atoms. The number of rotatable bonds is 4. The first kappa shape index (κ1) is 18.9. The number of ether oxygens (including phenoxy) is 1. The third-order valence-corrected chi connectivity index (χ3v) is 5.02. The summed E-state index contributed by atoms with van der Waals surface area (Å²) in [5.74, 6) is -0.394. The maximum atomic E-state index is 13.9. The van der Waals surface area contributed by atoms with Crippen LogP contribution < -0.4 is 9.64 Å². The highest BCUT2D eigenvalue weighted by Gasteiger charge is 2.25. The smallest absolute Gasteiger partial charge is 0.256 e. The quantitative estimate of drug-likeness (QED) is 0.732. The van der Waals surface area contributed by atoms with Crippen LogP contribution in [0.4, 0.5) is 14.6 Å². The molecule has 0 spiro atoms. The van der Waals surface area contributed by atoms with Crippen molar-refractivity contribution in [3.8, 4) is 17.0 Å². The molecule has 150 valence electrons. The number of aromatic nitrogens is 2. The lowest BCUT2D eigenvalue weighted by Gasteiger charge is -2.34. The number of carbonyl (C=O) groups excluding carboxylic acids is 1. The van der Waals surface area contributed by atoms with E-state index in [9.17, 15) is 13.6 Å². The summed E-state index contributed by atoms with van der Waals surface area (Å²) in [5, 5.41) is 7.41. The van der Waals surface area contributed by atoms with Gasteiger partial charge in [0.15, 0.2) is 5.82 Å². The molecule has 1 amide bonds. The fraction of sp³-hybridized carbons (Fsp3) is 0.238. The van der Waals surface area contributed by atoms with Gasteiger partial charge >= 0.3 is 0 Å². The number of amides is 1. The topological polar surface area (TPSA) is 61.5 Å². The average Bonchev–Trinajstić information content (AvgIpc) is 3.24. The number of hydrogen-bond donors (Lipinski definition) is 1. The van der Waals surface area contributed by atoms with E-state index in [-0.39, 0.29) is 5.56 Å². The summed E-state index contributed by atoms with van der Waals surface area (Å²) in [5.41, 5.74) is 1.76. The van der Waals surface area contributed by atoms with E-state index < -0.39 is 17.5 Å². The van der Waals surface area contributed by atoms with E-state index in [1.807, 2.05) is 30.3 Å². The maximum absolute atomic E-state index is 13.9. The number of benzene rings is 2. The number of carbonyl (C=O) groups is 1. The summed E-state index contributed by atoms with van der Waals surface area (Å²) in [6, 6.07) is 12.6. The monoisotopic (exact) mass is 398 g/mol. The third-order valence-electron chi connectivity index (χ3n) is 5.02.